The highest BCUT2D eigenvalue weighted by Crippen LogP contribution is 2.14. The summed E-state index contributed by atoms with van der Waals surface area (Å²) in [4.78, 5) is 16.3. The number of aliphatic imine (C=N–C) groups is 1. The normalized spacial score (nSPS) is 11.9. The van der Waals surface area contributed by atoms with E-state index in [1.54, 1.807) is 0 Å². The third-order valence-corrected chi connectivity index (χ3v) is 3.68. The Balaban J connectivity index is 0.00000364. The zero-order chi connectivity index (χ0) is 18.6. The number of carbonyl (C=O) groups excluding carboxylic acids is 1. The van der Waals surface area contributed by atoms with Crippen molar-refractivity contribution < 1.29 is 9.90 Å². The van der Waals surface area contributed by atoms with Crippen LogP contribution in [0.5, 0.6) is 0 Å². The van der Waals surface area contributed by atoms with E-state index in [2.05, 4.69) is 20.9 Å². The molecule has 2 rings (SSSR count). The Morgan fingerprint density at radius 2 is 1.67 bits per heavy atom. The molecule has 0 radical (unpaired) electrons. The minimum absolute atomic E-state index is 0. The largest absolute Gasteiger partial charge is 0.388 e. The molecule has 7 heteroatoms. The van der Waals surface area contributed by atoms with Crippen molar-refractivity contribution in [2.45, 2.75) is 19.4 Å². The first-order valence-corrected chi connectivity index (χ1v) is 8.79. The number of amides is 1. The first-order chi connectivity index (χ1) is 12.7. The number of hydrogen-bond donors (Lipinski definition) is 4. The van der Waals surface area contributed by atoms with Gasteiger partial charge in [-0.3, -0.25) is 4.79 Å². The van der Waals surface area contributed by atoms with E-state index < -0.39 is 6.10 Å². The van der Waals surface area contributed by atoms with Gasteiger partial charge < -0.3 is 21.1 Å². The van der Waals surface area contributed by atoms with Crippen molar-refractivity contribution in [3.05, 3.63) is 66.2 Å². The number of para-hydroxylation sites is 1. The summed E-state index contributed by atoms with van der Waals surface area (Å²) in [5, 5.41) is 19.2. The number of halogens is 1. The summed E-state index contributed by atoms with van der Waals surface area (Å²) in [5.41, 5.74) is 1.63. The smallest absolute Gasteiger partial charge is 0.246 e. The van der Waals surface area contributed by atoms with Crippen molar-refractivity contribution in [3.63, 3.8) is 0 Å². The quantitative estimate of drug-likeness (QED) is 0.265. The van der Waals surface area contributed by atoms with Gasteiger partial charge in [-0.2, -0.15) is 0 Å². The molecule has 4 N–H and O–H groups in total. The summed E-state index contributed by atoms with van der Waals surface area (Å²) >= 11 is 0. The lowest BCUT2D eigenvalue weighted by Gasteiger charge is -2.14. The molecule has 0 spiro atoms. The first-order valence-electron chi connectivity index (χ1n) is 8.79. The third-order valence-electron chi connectivity index (χ3n) is 3.68. The van der Waals surface area contributed by atoms with Crippen LogP contribution in [-0.2, 0) is 4.79 Å². The van der Waals surface area contributed by atoms with Crippen LogP contribution in [0, 0.1) is 0 Å². The van der Waals surface area contributed by atoms with Crippen molar-refractivity contribution in [2.24, 2.45) is 4.99 Å². The van der Waals surface area contributed by atoms with E-state index >= 15 is 0 Å². The maximum atomic E-state index is 12.0. The van der Waals surface area contributed by atoms with Crippen LogP contribution in [0.3, 0.4) is 0 Å². The van der Waals surface area contributed by atoms with E-state index in [0.29, 0.717) is 25.5 Å². The molecule has 0 aliphatic heterocycles. The average Bonchev–Trinajstić information content (AvgIpc) is 2.67. The molecule has 0 bridgehead atoms. The van der Waals surface area contributed by atoms with Gasteiger partial charge in [-0.25, -0.2) is 4.99 Å². The van der Waals surface area contributed by atoms with Gasteiger partial charge in [0.05, 0.1) is 6.10 Å². The van der Waals surface area contributed by atoms with E-state index in [-0.39, 0.29) is 36.4 Å². The summed E-state index contributed by atoms with van der Waals surface area (Å²) in [7, 11) is 0. The van der Waals surface area contributed by atoms with Gasteiger partial charge in [0.25, 0.3) is 0 Å². The van der Waals surface area contributed by atoms with Crippen LogP contribution in [0.15, 0.2) is 65.7 Å². The molecule has 1 amide bonds. The number of guanidine groups is 1. The Labute approximate surface area is 177 Å². The first kappa shape index (κ1) is 22.9. The van der Waals surface area contributed by atoms with Crippen LogP contribution >= 0.6 is 24.0 Å². The van der Waals surface area contributed by atoms with Crippen LogP contribution < -0.4 is 16.0 Å². The number of hydrogen-bond acceptors (Lipinski definition) is 3. The number of carbonyl (C=O) groups is 1. The summed E-state index contributed by atoms with van der Waals surface area (Å²) in [6.45, 7) is 3.21. The van der Waals surface area contributed by atoms with E-state index in [1.807, 2.05) is 67.6 Å². The van der Waals surface area contributed by atoms with Crippen molar-refractivity contribution >= 4 is 41.5 Å². The minimum Gasteiger partial charge on any atom is -0.388 e. The zero-order valence-electron chi connectivity index (χ0n) is 15.4. The van der Waals surface area contributed by atoms with Crippen LogP contribution in [0.25, 0.3) is 0 Å². The van der Waals surface area contributed by atoms with Crippen LogP contribution in [0.4, 0.5) is 5.69 Å². The lowest BCUT2D eigenvalue weighted by molar-refractivity contribution is -0.114. The molecule has 6 nitrogen and oxygen atoms in total. The van der Waals surface area contributed by atoms with Crippen molar-refractivity contribution in [1.29, 1.82) is 0 Å². The maximum absolute atomic E-state index is 12.0. The van der Waals surface area contributed by atoms with Gasteiger partial charge in [-0.1, -0.05) is 48.5 Å². The number of anilines is 1. The standard InChI is InChI=1S/C20H26N4O2.HI/c1-2-21-20(22-14-13-18(25)16-9-5-3-6-10-16)23-15-19(26)24-17-11-7-4-8-12-17;/h3-12,18,25H,2,13-15H2,1H3,(H,24,26)(H2,21,22,23);1H. The second-order valence-corrected chi connectivity index (χ2v) is 5.75. The minimum atomic E-state index is -0.534. The predicted octanol–water partition coefficient (Wildman–Crippen LogP) is 2.92. The SMILES string of the molecule is CCNC(=NCC(=O)Nc1ccccc1)NCCC(O)c1ccccc1.I. The Bertz CT molecular complexity index is 696. The molecule has 0 aliphatic rings. The number of nitrogens with one attached hydrogen (secondary N) is 3. The predicted molar refractivity (Wildman–Crippen MR) is 120 cm³/mol. The van der Waals surface area contributed by atoms with Gasteiger partial charge in [0.15, 0.2) is 5.96 Å². The summed E-state index contributed by atoms with van der Waals surface area (Å²) < 4.78 is 0. The van der Waals surface area contributed by atoms with E-state index in [4.69, 9.17) is 0 Å². The zero-order valence-corrected chi connectivity index (χ0v) is 17.7. The molecular formula is C20H27IN4O2. The van der Waals surface area contributed by atoms with Crippen molar-refractivity contribution in [2.75, 3.05) is 25.0 Å². The summed E-state index contributed by atoms with van der Waals surface area (Å²) in [6, 6.07) is 18.8. The molecule has 0 aliphatic carbocycles. The lowest BCUT2D eigenvalue weighted by Crippen LogP contribution is -2.38. The maximum Gasteiger partial charge on any atom is 0.246 e. The van der Waals surface area contributed by atoms with E-state index in [0.717, 1.165) is 11.3 Å². The molecular weight excluding hydrogens is 455 g/mol. The number of rotatable bonds is 8. The topological polar surface area (TPSA) is 85.8 Å². The fourth-order valence-electron chi connectivity index (χ4n) is 2.38. The Kier molecular flexibility index (Phi) is 11.1. The molecule has 27 heavy (non-hydrogen) atoms. The van der Waals surface area contributed by atoms with Crippen molar-refractivity contribution in [1.82, 2.24) is 10.6 Å². The van der Waals surface area contributed by atoms with Gasteiger partial charge in [0.1, 0.15) is 6.54 Å². The second-order valence-electron chi connectivity index (χ2n) is 5.75. The number of nitrogens with zero attached hydrogens (tertiary/aromatic N) is 1. The molecule has 2 aromatic carbocycles. The van der Waals surface area contributed by atoms with Crippen LogP contribution in [0.1, 0.15) is 25.0 Å². The van der Waals surface area contributed by atoms with Gasteiger partial charge in [0, 0.05) is 18.8 Å². The van der Waals surface area contributed by atoms with Crippen molar-refractivity contribution in [3.8, 4) is 0 Å². The number of aliphatic hydroxyl groups is 1. The van der Waals surface area contributed by atoms with Crippen LogP contribution in [-0.4, -0.2) is 36.6 Å². The fourth-order valence-corrected chi connectivity index (χ4v) is 2.38. The monoisotopic (exact) mass is 482 g/mol. The fraction of sp³-hybridized carbons (Fsp3) is 0.300. The average molecular weight is 482 g/mol. The number of benzene rings is 2. The molecule has 0 fully saturated rings. The molecule has 2 aromatic rings. The molecule has 1 atom stereocenters. The molecule has 1 unspecified atom stereocenters. The Hall–Kier alpha value is -2.13. The van der Waals surface area contributed by atoms with E-state index in [1.165, 1.54) is 0 Å². The molecule has 0 heterocycles. The molecule has 146 valence electrons. The summed E-state index contributed by atoms with van der Waals surface area (Å²) in [5.74, 6) is 0.369. The van der Waals surface area contributed by atoms with Gasteiger partial charge >= 0.3 is 0 Å². The van der Waals surface area contributed by atoms with Gasteiger partial charge in [0.2, 0.25) is 5.91 Å². The molecule has 0 aromatic heterocycles. The number of aliphatic hydroxyl groups excluding tert-OH is 1. The Morgan fingerprint density at radius 3 is 2.30 bits per heavy atom. The Morgan fingerprint density at radius 1 is 1.04 bits per heavy atom. The third kappa shape index (κ3) is 8.87. The highest BCUT2D eigenvalue weighted by Gasteiger charge is 2.07. The lowest BCUT2D eigenvalue weighted by atomic mass is 10.1. The highest BCUT2D eigenvalue weighted by molar-refractivity contribution is 14.0. The van der Waals surface area contributed by atoms with Crippen LogP contribution in [0.2, 0.25) is 0 Å². The summed E-state index contributed by atoms with van der Waals surface area (Å²) in [6.07, 6.45) is 0.0120. The molecule has 0 saturated heterocycles. The van der Waals surface area contributed by atoms with E-state index in [9.17, 15) is 9.90 Å². The van der Waals surface area contributed by atoms with Gasteiger partial charge in [-0.05, 0) is 31.0 Å². The molecule has 0 saturated carbocycles. The van der Waals surface area contributed by atoms with Gasteiger partial charge in [-0.15, -0.1) is 24.0 Å². The highest BCUT2D eigenvalue weighted by atomic mass is 127. The second kappa shape index (κ2) is 13.1.